The van der Waals surface area contributed by atoms with Gasteiger partial charge in [0.2, 0.25) is 0 Å². The van der Waals surface area contributed by atoms with E-state index >= 15 is 0 Å². The van der Waals surface area contributed by atoms with E-state index in [0.29, 0.717) is 0 Å². The molecule has 0 amide bonds. The molecule has 0 fully saturated rings. The molecule has 0 saturated heterocycles. The summed E-state index contributed by atoms with van der Waals surface area (Å²) in [4.78, 5) is 0. The van der Waals surface area contributed by atoms with Gasteiger partial charge in [0.25, 0.3) is 0 Å². The Morgan fingerprint density at radius 3 is 1.91 bits per heavy atom. The van der Waals surface area contributed by atoms with Crippen LogP contribution in [0.1, 0.15) is 36.6 Å². The SMILES string of the molecule is CC(C)(CO)[C@@H](N)c1c(F)cc(C(F)(F)F)cc1C(F)(F)F. The Morgan fingerprint density at radius 1 is 1.05 bits per heavy atom. The number of rotatable bonds is 3. The maximum Gasteiger partial charge on any atom is 0.416 e. The summed E-state index contributed by atoms with van der Waals surface area (Å²) in [6.45, 7) is 1.87. The number of halogens is 7. The second-order valence-corrected chi connectivity index (χ2v) is 5.54. The fourth-order valence-corrected chi connectivity index (χ4v) is 1.82. The summed E-state index contributed by atoms with van der Waals surface area (Å²) in [5.74, 6) is -1.71. The van der Waals surface area contributed by atoms with Crippen molar-refractivity contribution in [2.24, 2.45) is 11.1 Å². The quantitative estimate of drug-likeness (QED) is 0.825. The second-order valence-electron chi connectivity index (χ2n) is 5.54. The first-order chi connectivity index (χ1) is 9.71. The Kier molecular flexibility index (Phi) is 4.84. The fourth-order valence-electron chi connectivity index (χ4n) is 1.82. The highest BCUT2D eigenvalue weighted by molar-refractivity contribution is 5.39. The molecular formula is C13H14F7NO. The van der Waals surface area contributed by atoms with Crippen molar-refractivity contribution in [1.82, 2.24) is 0 Å². The maximum atomic E-state index is 13.9. The molecule has 0 aliphatic rings. The number of hydrogen-bond donors (Lipinski definition) is 2. The van der Waals surface area contributed by atoms with Gasteiger partial charge < -0.3 is 10.8 Å². The number of nitrogens with two attached hydrogens (primary N) is 1. The Hall–Kier alpha value is -1.35. The summed E-state index contributed by atoms with van der Waals surface area (Å²) in [6.07, 6.45) is -10.4. The molecule has 0 heterocycles. The Labute approximate surface area is 121 Å². The Balaban J connectivity index is 3.65. The van der Waals surface area contributed by atoms with E-state index in [0.717, 1.165) is 0 Å². The molecule has 0 spiro atoms. The van der Waals surface area contributed by atoms with Crippen LogP contribution in [0.3, 0.4) is 0 Å². The lowest BCUT2D eigenvalue weighted by molar-refractivity contribution is -0.144. The van der Waals surface area contributed by atoms with Gasteiger partial charge in [-0.25, -0.2) is 4.39 Å². The van der Waals surface area contributed by atoms with Gasteiger partial charge in [0.1, 0.15) is 5.82 Å². The molecule has 0 aliphatic carbocycles. The van der Waals surface area contributed by atoms with Gasteiger partial charge >= 0.3 is 12.4 Å². The van der Waals surface area contributed by atoms with Gasteiger partial charge in [-0.3, -0.25) is 0 Å². The van der Waals surface area contributed by atoms with E-state index in [1.54, 1.807) is 0 Å². The zero-order valence-corrected chi connectivity index (χ0v) is 11.6. The van der Waals surface area contributed by atoms with E-state index in [-0.39, 0.29) is 12.1 Å². The minimum atomic E-state index is -5.22. The smallest absolute Gasteiger partial charge is 0.396 e. The van der Waals surface area contributed by atoms with Crippen LogP contribution in [0.25, 0.3) is 0 Å². The third-order valence-electron chi connectivity index (χ3n) is 3.32. The van der Waals surface area contributed by atoms with Crippen molar-refractivity contribution in [3.8, 4) is 0 Å². The summed E-state index contributed by atoms with van der Waals surface area (Å²) in [5, 5.41) is 9.13. The van der Waals surface area contributed by atoms with Gasteiger partial charge in [-0.2, -0.15) is 26.3 Å². The van der Waals surface area contributed by atoms with E-state index in [9.17, 15) is 30.7 Å². The van der Waals surface area contributed by atoms with Crippen LogP contribution in [0.2, 0.25) is 0 Å². The summed E-state index contributed by atoms with van der Waals surface area (Å²) in [7, 11) is 0. The highest BCUT2D eigenvalue weighted by Crippen LogP contribution is 2.43. The van der Waals surface area contributed by atoms with Gasteiger partial charge in [-0.15, -0.1) is 0 Å². The van der Waals surface area contributed by atoms with Crippen molar-refractivity contribution < 1.29 is 35.8 Å². The van der Waals surface area contributed by atoms with Crippen LogP contribution in [0.15, 0.2) is 12.1 Å². The predicted octanol–water partition coefficient (Wildman–Crippen LogP) is 3.88. The van der Waals surface area contributed by atoms with E-state index in [2.05, 4.69) is 0 Å². The van der Waals surface area contributed by atoms with Crippen molar-refractivity contribution >= 4 is 0 Å². The van der Waals surface area contributed by atoms with Crippen LogP contribution in [0, 0.1) is 11.2 Å². The molecule has 22 heavy (non-hydrogen) atoms. The van der Waals surface area contributed by atoms with E-state index < -0.39 is 52.9 Å². The molecule has 1 atom stereocenters. The van der Waals surface area contributed by atoms with Crippen molar-refractivity contribution in [3.05, 3.63) is 34.6 Å². The molecule has 1 aromatic rings. The van der Waals surface area contributed by atoms with E-state index in [1.165, 1.54) is 13.8 Å². The number of alkyl halides is 6. The lowest BCUT2D eigenvalue weighted by atomic mass is 9.79. The zero-order valence-electron chi connectivity index (χ0n) is 11.6. The first-order valence-electron chi connectivity index (χ1n) is 6.06. The molecule has 3 N–H and O–H groups in total. The molecule has 0 radical (unpaired) electrons. The summed E-state index contributed by atoms with van der Waals surface area (Å²) in [6, 6.07) is -1.85. The van der Waals surface area contributed by atoms with Crippen LogP contribution >= 0.6 is 0 Å². The molecule has 1 rings (SSSR count). The molecule has 9 heteroatoms. The van der Waals surface area contributed by atoms with Crippen molar-refractivity contribution in [3.63, 3.8) is 0 Å². The molecule has 126 valence electrons. The lowest BCUT2D eigenvalue weighted by Gasteiger charge is -2.32. The number of hydrogen-bond acceptors (Lipinski definition) is 2. The van der Waals surface area contributed by atoms with Crippen LogP contribution in [0.5, 0.6) is 0 Å². The van der Waals surface area contributed by atoms with Crippen molar-refractivity contribution in [2.75, 3.05) is 6.61 Å². The molecule has 0 bridgehead atoms. The molecule has 2 nitrogen and oxygen atoms in total. The largest absolute Gasteiger partial charge is 0.416 e. The molecule has 0 saturated carbocycles. The van der Waals surface area contributed by atoms with Crippen LogP contribution < -0.4 is 5.73 Å². The molecule has 0 aromatic heterocycles. The average molecular weight is 333 g/mol. The second kappa shape index (κ2) is 5.69. The standard InChI is InChI=1S/C13H14F7NO/c1-11(2,5-22)10(21)9-7(13(18,19)20)3-6(4-8(9)14)12(15,16)17/h3-4,10,22H,5,21H2,1-2H3/t10-/m0/s1. The Morgan fingerprint density at radius 2 is 1.55 bits per heavy atom. The first kappa shape index (κ1) is 18.7. The van der Waals surface area contributed by atoms with Crippen molar-refractivity contribution in [1.29, 1.82) is 0 Å². The highest BCUT2D eigenvalue weighted by Gasteiger charge is 2.43. The van der Waals surface area contributed by atoms with Crippen LogP contribution in [0.4, 0.5) is 30.7 Å². The summed E-state index contributed by atoms with van der Waals surface area (Å²) < 4.78 is 90.6. The number of benzene rings is 1. The van der Waals surface area contributed by atoms with Gasteiger partial charge in [-0.05, 0) is 12.1 Å². The van der Waals surface area contributed by atoms with Crippen molar-refractivity contribution in [2.45, 2.75) is 32.2 Å². The normalized spacial score (nSPS) is 15.0. The van der Waals surface area contributed by atoms with Crippen LogP contribution in [-0.4, -0.2) is 11.7 Å². The highest BCUT2D eigenvalue weighted by atomic mass is 19.4. The minimum absolute atomic E-state index is 0.0299. The Bertz CT molecular complexity index is 549. The summed E-state index contributed by atoms with van der Waals surface area (Å²) >= 11 is 0. The lowest BCUT2D eigenvalue weighted by Crippen LogP contribution is -2.35. The monoisotopic (exact) mass is 333 g/mol. The third kappa shape index (κ3) is 3.70. The summed E-state index contributed by atoms with van der Waals surface area (Å²) in [5.41, 5.74) is -0.451. The first-order valence-corrected chi connectivity index (χ1v) is 6.06. The van der Waals surface area contributed by atoms with Gasteiger partial charge in [-0.1, -0.05) is 13.8 Å². The topological polar surface area (TPSA) is 46.2 Å². The minimum Gasteiger partial charge on any atom is -0.396 e. The molecule has 0 unspecified atom stereocenters. The van der Waals surface area contributed by atoms with Gasteiger partial charge in [0.05, 0.1) is 11.1 Å². The molecule has 0 aliphatic heterocycles. The van der Waals surface area contributed by atoms with Gasteiger partial charge in [0.15, 0.2) is 0 Å². The number of aliphatic hydroxyl groups is 1. The van der Waals surface area contributed by atoms with E-state index in [4.69, 9.17) is 10.8 Å². The fraction of sp³-hybridized carbons (Fsp3) is 0.538. The predicted molar refractivity (Wildman–Crippen MR) is 64.2 cm³/mol. The zero-order chi connectivity index (χ0) is 17.5. The molecule has 1 aromatic carbocycles. The van der Waals surface area contributed by atoms with E-state index in [1.807, 2.05) is 0 Å². The third-order valence-corrected chi connectivity index (χ3v) is 3.32. The average Bonchev–Trinajstić information content (AvgIpc) is 2.34. The number of aliphatic hydroxyl groups excluding tert-OH is 1. The molecular weight excluding hydrogens is 319 g/mol. The van der Waals surface area contributed by atoms with Gasteiger partial charge in [0, 0.05) is 23.6 Å². The van der Waals surface area contributed by atoms with Crippen LogP contribution in [-0.2, 0) is 12.4 Å². The maximum absolute atomic E-state index is 13.9.